The number of carbonyl (C=O) groups excluding carboxylic acids is 3. The van der Waals surface area contributed by atoms with E-state index in [0.29, 0.717) is 37.7 Å². The number of esters is 2. The summed E-state index contributed by atoms with van der Waals surface area (Å²) in [6.45, 7) is 14.1. The molecule has 27 nitrogen and oxygen atoms in total. The zero-order chi connectivity index (χ0) is 63.3. The Balaban J connectivity index is 1.05. The highest BCUT2D eigenvalue weighted by Crippen LogP contribution is 2.76. The summed E-state index contributed by atoms with van der Waals surface area (Å²) in [5.74, 6) is -4.18. The van der Waals surface area contributed by atoms with Gasteiger partial charge in [-0.1, -0.05) is 59.3 Å². The van der Waals surface area contributed by atoms with Crippen molar-refractivity contribution in [2.24, 2.45) is 50.2 Å². The fourth-order valence-electron chi connectivity index (χ4n) is 16.9. The van der Waals surface area contributed by atoms with Gasteiger partial charge in [0.25, 0.3) is 0 Å². The summed E-state index contributed by atoms with van der Waals surface area (Å²) in [6.07, 6.45) is -32.7. The number of aliphatic carboxylic acids is 1. The number of hydrogen-bond acceptors (Lipinski definition) is 26. The molecule has 0 spiro atoms. The molecule has 4 aliphatic heterocycles. The van der Waals surface area contributed by atoms with Crippen molar-refractivity contribution < 1.29 is 133 Å². The number of hydrogen-bond donors (Lipinski definition) is 13. The number of fused-ring (bicyclic) bond motifs is 7. The first-order chi connectivity index (χ1) is 40.2. The van der Waals surface area contributed by atoms with Gasteiger partial charge in [0.2, 0.25) is 0 Å². The lowest BCUT2D eigenvalue weighted by Gasteiger charge is -2.72. The molecule has 0 unspecified atom stereocenters. The second-order valence-corrected chi connectivity index (χ2v) is 27.3. The lowest BCUT2D eigenvalue weighted by molar-refractivity contribution is -0.398. The van der Waals surface area contributed by atoms with E-state index in [9.17, 15) is 85.6 Å². The van der Waals surface area contributed by atoms with E-state index < -0.39 is 217 Å². The lowest BCUT2D eigenvalue weighted by Crippen LogP contribution is -2.72. The minimum absolute atomic E-state index is 0.112. The van der Waals surface area contributed by atoms with Crippen LogP contribution in [-0.4, -0.2) is 252 Å². The third kappa shape index (κ3) is 11.0. The number of aldehydes is 1. The molecule has 30 atom stereocenters. The van der Waals surface area contributed by atoms with Gasteiger partial charge in [0.15, 0.2) is 31.3 Å². The van der Waals surface area contributed by atoms with E-state index in [2.05, 4.69) is 26.8 Å². The van der Waals surface area contributed by atoms with Crippen molar-refractivity contribution in [2.75, 3.05) is 26.4 Å². The number of ether oxygens (including phenoxy) is 10. The van der Waals surface area contributed by atoms with Crippen molar-refractivity contribution in [3.63, 3.8) is 0 Å². The Morgan fingerprint density at radius 1 is 0.686 bits per heavy atom. The highest BCUT2D eigenvalue weighted by molar-refractivity contribution is 5.87. The van der Waals surface area contributed by atoms with E-state index in [-0.39, 0.29) is 25.4 Å². The Morgan fingerprint density at radius 2 is 1.31 bits per heavy atom. The second kappa shape index (κ2) is 24.8. The average molecular weight is 1230 g/mol. The van der Waals surface area contributed by atoms with Crippen molar-refractivity contribution in [2.45, 2.75) is 242 Å². The predicted octanol–water partition coefficient (Wildman–Crippen LogP) is -2.01. The summed E-state index contributed by atoms with van der Waals surface area (Å²) in [5, 5.41) is 145. The predicted molar refractivity (Wildman–Crippen MR) is 289 cm³/mol. The van der Waals surface area contributed by atoms with E-state index in [1.165, 1.54) is 6.92 Å². The molecule has 13 N–H and O–H groups in total. The summed E-state index contributed by atoms with van der Waals surface area (Å²) < 4.78 is 60.0. The Bertz CT molecular complexity index is 2550. The maximum absolute atomic E-state index is 14.2. The molecule has 0 amide bonds. The molecule has 4 saturated heterocycles. The van der Waals surface area contributed by atoms with Gasteiger partial charge in [-0.05, 0) is 92.8 Å². The number of allylic oxidation sites excluding steroid dienone is 3. The molecule has 0 aromatic carbocycles. The first kappa shape index (κ1) is 67.2. The minimum Gasteiger partial charge on any atom is -0.479 e. The van der Waals surface area contributed by atoms with Crippen LogP contribution in [0.25, 0.3) is 0 Å². The monoisotopic (exact) mass is 1230 g/mol. The van der Waals surface area contributed by atoms with Gasteiger partial charge in [-0.25, -0.2) is 9.59 Å². The van der Waals surface area contributed by atoms with Crippen LogP contribution in [0.15, 0.2) is 23.3 Å². The maximum Gasteiger partial charge on any atom is 0.335 e. The summed E-state index contributed by atoms with van der Waals surface area (Å²) in [5.41, 5.74) is -4.42. The third-order valence-electron chi connectivity index (χ3n) is 22.2. The molecule has 4 heterocycles. The molecule has 9 aliphatic rings. The highest BCUT2D eigenvalue weighted by Gasteiger charge is 2.74. The number of carboxylic acid groups (broad SMARTS) is 1. The first-order valence-electron chi connectivity index (χ1n) is 29.8. The van der Waals surface area contributed by atoms with Crippen LogP contribution < -0.4 is 0 Å². The summed E-state index contributed by atoms with van der Waals surface area (Å²) in [7, 11) is 0. The van der Waals surface area contributed by atoms with Crippen LogP contribution in [0.2, 0.25) is 0 Å². The number of aliphatic hydroxyl groups excluding tert-OH is 12. The van der Waals surface area contributed by atoms with Gasteiger partial charge < -0.3 is 119 Å². The van der Waals surface area contributed by atoms with Gasteiger partial charge in [0, 0.05) is 17.9 Å². The minimum atomic E-state index is -2.28. The molecule has 27 heteroatoms. The zero-order valence-corrected chi connectivity index (χ0v) is 50.0. The quantitative estimate of drug-likeness (QED) is 0.0277. The van der Waals surface area contributed by atoms with Crippen molar-refractivity contribution >= 4 is 24.2 Å². The molecule has 86 heavy (non-hydrogen) atoms. The molecule has 0 aromatic heterocycles. The lowest BCUT2D eigenvalue weighted by atomic mass is 9.33. The van der Waals surface area contributed by atoms with Gasteiger partial charge in [-0.3, -0.25) is 4.79 Å². The van der Waals surface area contributed by atoms with E-state index in [1.807, 2.05) is 13.8 Å². The van der Waals surface area contributed by atoms with Gasteiger partial charge in [-0.15, -0.1) is 0 Å². The Kier molecular flexibility index (Phi) is 19.3. The SMILES string of the molecule is C/C=C(/C)C(=O)O[C@H]1[C@H](O)[C@]2(COC(C)=O)[C@H](O)C[C@]3(C)C(=CC[C@@H]4[C@@]5(C)CC[C@H](O[C@@H]6O[C@H](C(=O)O)[C@@H](O)[C@H](O[C@@H]7OC[C@H](O)[C@H](O)[C@H]7O[C@@H]7OC[C@@H](O)[C@H](O)[C@H]7O)[C@H]6O[C@@H]6O[C@H](CO)[C@H](O)[C@H](O)[C@H]6O)[C@@](C)(C=O)[C@@H]5CC[C@]43C)[C@@H]2CC1(C)C. The summed E-state index contributed by atoms with van der Waals surface area (Å²) in [6, 6.07) is 0. The molecular weight excluding hydrogens is 1140 g/mol. The van der Waals surface area contributed by atoms with Crippen molar-refractivity contribution in [1.82, 2.24) is 0 Å². The number of rotatable bonds is 15. The zero-order valence-electron chi connectivity index (χ0n) is 50.0. The van der Waals surface area contributed by atoms with Gasteiger partial charge >= 0.3 is 17.9 Å². The average Bonchev–Trinajstić information content (AvgIpc) is 0.771. The van der Waals surface area contributed by atoms with E-state index in [1.54, 1.807) is 26.8 Å². The van der Waals surface area contributed by atoms with E-state index >= 15 is 0 Å². The van der Waals surface area contributed by atoms with Crippen molar-refractivity contribution in [3.05, 3.63) is 23.3 Å². The van der Waals surface area contributed by atoms with Gasteiger partial charge in [-0.2, -0.15) is 0 Å². The van der Waals surface area contributed by atoms with Crippen LogP contribution >= 0.6 is 0 Å². The van der Waals surface area contributed by atoms with E-state index in [4.69, 9.17) is 47.4 Å². The fraction of sp³-hybridized carbons (Fsp3) is 0.864. The molecule has 488 valence electrons. The normalized spacial score (nSPS) is 51.1. The highest BCUT2D eigenvalue weighted by atomic mass is 16.8. The molecule has 9 rings (SSSR count). The van der Waals surface area contributed by atoms with Crippen LogP contribution in [0.3, 0.4) is 0 Å². The molecule has 8 fully saturated rings. The second-order valence-electron chi connectivity index (χ2n) is 27.3. The summed E-state index contributed by atoms with van der Waals surface area (Å²) in [4.78, 5) is 53.3. The molecular formula is C59H90O27. The van der Waals surface area contributed by atoms with Crippen molar-refractivity contribution in [1.29, 1.82) is 0 Å². The molecule has 5 aliphatic carbocycles. The van der Waals surface area contributed by atoms with Crippen LogP contribution in [0.4, 0.5) is 0 Å². The largest absolute Gasteiger partial charge is 0.479 e. The van der Waals surface area contributed by atoms with E-state index in [0.717, 1.165) is 11.9 Å². The Hall–Kier alpha value is -3.24. The number of carbonyl (C=O) groups is 4. The molecule has 0 bridgehead atoms. The number of carboxylic acids is 1. The number of aliphatic hydroxyl groups is 12. The third-order valence-corrected chi connectivity index (χ3v) is 22.2. The topological polar surface area (TPSA) is 424 Å². The Labute approximate surface area is 498 Å². The molecule has 4 saturated carbocycles. The standard InChI is InChI=1S/C59H90O27/c1-10-24(2)49(76)86-47-46(73)59(23-79-25(3)62)27(17-54(47,4)5)26-11-12-32-55(6)15-14-34(56(7,22-61)31(55)13-16-57(32,8)58(26,9)18-33(59)65)81-53-45(85-51-40(71)38(69)37(68)30(19-60)80-51)42(41(72)43(83-53)48(74)75)82-52-44(36(67)29(64)21-78-52)84-50-39(70)35(66)28(63)20-77-50/h10-11,22,27-47,50-53,60,63-73H,12-21,23H2,1-9H3,(H,74,75)/b24-10-/t27-,28+,29-,30+,31+,32+,33+,34-,35-,36-,37-,38-,39+,40+,41-,42-,43-,44+,45+,46-,47-,50-,51-,52-,53+,55-,56-,57+,58+,59-/m0/s1. The smallest absolute Gasteiger partial charge is 0.335 e. The molecule has 0 aromatic rings. The van der Waals surface area contributed by atoms with Crippen LogP contribution in [0, 0.1) is 50.2 Å². The van der Waals surface area contributed by atoms with Crippen molar-refractivity contribution in [3.8, 4) is 0 Å². The Morgan fingerprint density at radius 3 is 1.94 bits per heavy atom. The van der Waals surface area contributed by atoms with Crippen LogP contribution in [0.5, 0.6) is 0 Å². The fourth-order valence-corrected chi connectivity index (χ4v) is 16.9. The molecule has 0 radical (unpaired) electrons. The van der Waals surface area contributed by atoms with Gasteiger partial charge in [0.1, 0.15) is 104 Å². The van der Waals surface area contributed by atoms with Gasteiger partial charge in [0.05, 0.1) is 42.9 Å². The summed E-state index contributed by atoms with van der Waals surface area (Å²) >= 11 is 0. The maximum atomic E-state index is 14.2. The van der Waals surface area contributed by atoms with Crippen LogP contribution in [-0.2, 0) is 66.5 Å². The van der Waals surface area contributed by atoms with Crippen LogP contribution in [0.1, 0.15) is 107 Å². The first-order valence-corrected chi connectivity index (χ1v) is 29.8.